The summed E-state index contributed by atoms with van der Waals surface area (Å²) in [5, 5.41) is 0. The van der Waals surface area contributed by atoms with E-state index in [2.05, 4.69) is 24.3 Å². The van der Waals surface area contributed by atoms with Gasteiger partial charge in [-0.05, 0) is 46.6 Å². The van der Waals surface area contributed by atoms with Crippen LogP contribution in [0.25, 0.3) is 0 Å². The molecule has 2 aromatic carbocycles. The Labute approximate surface area is 178 Å². The summed E-state index contributed by atoms with van der Waals surface area (Å²) < 4.78 is 11.7. The summed E-state index contributed by atoms with van der Waals surface area (Å²) in [5.74, 6) is 3.48. The molecule has 2 unspecified atom stereocenters. The first kappa shape index (κ1) is 16.8. The van der Waals surface area contributed by atoms with Crippen LogP contribution in [-0.2, 0) is 17.3 Å². The van der Waals surface area contributed by atoms with Gasteiger partial charge in [-0.15, -0.1) is 0 Å². The maximum absolute atomic E-state index is 13.2. The summed E-state index contributed by atoms with van der Waals surface area (Å²) in [7, 11) is 1.61. The molecule has 3 aromatic rings. The Morgan fingerprint density at radius 3 is 1.94 bits per heavy atom. The molecule has 0 saturated heterocycles. The monoisotopic (exact) mass is 413 g/mol. The maximum atomic E-state index is 13.2. The topological polar surface area (TPSA) is 58.2 Å². The van der Waals surface area contributed by atoms with Crippen molar-refractivity contribution in [2.45, 2.75) is 17.7 Å². The second-order valence-electron chi connectivity index (χ2n) is 10.1. The van der Waals surface area contributed by atoms with Gasteiger partial charge < -0.3 is 4.74 Å². The number of rotatable bonds is 5. The molecular weight excluding hydrogens is 390 g/mol. The highest BCUT2D eigenvalue weighted by Gasteiger charge is 2.95. The zero-order valence-electron chi connectivity index (χ0n) is 17.2. The van der Waals surface area contributed by atoms with E-state index in [1.54, 1.807) is 7.05 Å². The van der Waals surface area contributed by atoms with E-state index in [0.717, 1.165) is 11.1 Å². The van der Waals surface area contributed by atoms with Crippen LogP contribution in [-0.4, -0.2) is 20.5 Å². The van der Waals surface area contributed by atoms with E-state index in [0.29, 0.717) is 42.1 Å². The van der Waals surface area contributed by atoms with E-state index in [4.69, 9.17) is 4.74 Å². The van der Waals surface area contributed by atoms with E-state index in [-0.39, 0.29) is 29.1 Å². The van der Waals surface area contributed by atoms with Gasteiger partial charge >= 0.3 is 11.4 Å². The van der Waals surface area contributed by atoms with Crippen LogP contribution in [0.2, 0.25) is 0 Å². The first-order valence-electron chi connectivity index (χ1n) is 11.3. The average Bonchev–Trinajstić information content (AvgIpc) is 3.66. The summed E-state index contributed by atoms with van der Waals surface area (Å²) in [4.78, 5) is 26.1. The Balaban J connectivity index is 1.25. The van der Waals surface area contributed by atoms with Gasteiger partial charge in [-0.2, -0.15) is 0 Å². The van der Waals surface area contributed by atoms with Crippen molar-refractivity contribution in [2.75, 3.05) is 6.61 Å². The molecular formula is C25H23N3O3. The van der Waals surface area contributed by atoms with Crippen LogP contribution in [0.1, 0.15) is 23.3 Å². The molecule has 2 bridgehead atoms. The van der Waals surface area contributed by atoms with Gasteiger partial charge in [0.2, 0.25) is 0 Å². The molecule has 156 valence electrons. The van der Waals surface area contributed by atoms with Gasteiger partial charge in [0.1, 0.15) is 6.10 Å². The summed E-state index contributed by atoms with van der Waals surface area (Å²) in [6, 6.07) is 20.8. The van der Waals surface area contributed by atoms with Crippen molar-refractivity contribution in [1.29, 1.82) is 0 Å². The molecule has 0 spiro atoms. The average molecular weight is 413 g/mol. The summed E-state index contributed by atoms with van der Waals surface area (Å²) in [5.41, 5.74) is 1.53. The highest BCUT2D eigenvalue weighted by Crippen LogP contribution is 2.93. The van der Waals surface area contributed by atoms with Crippen molar-refractivity contribution in [3.63, 3.8) is 0 Å². The first-order chi connectivity index (χ1) is 15.2. The zero-order chi connectivity index (χ0) is 20.6. The van der Waals surface area contributed by atoms with Crippen LogP contribution in [0.3, 0.4) is 0 Å². The van der Waals surface area contributed by atoms with Gasteiger partial charge in [0.25, 0.3) is 0 Å². The Morgan fingerprint density at radius 2 is 1.39 bits per heavy atom. The molecule has 1 aromatic heterocycles. The lowest BCUT2D eigenvalue weighted by atomic mass is 9.77. The minimum atomic E-state index is -0.362. The van der Waals surface area contributed by atoms with Gasteiger partial charge in [0.15, 0.2) is 0 Å². The molecule has 31 heavy (non-hydrogen) atoms. The molecule has 6 aliphatic rings. The molecule has 2 aliphatic heterocycles. The maximum Gasteiger partial charge on any atom is 0.347 e. The van der Waals surface area contributed by atoms with E-state index >= 15 is 0 Å². The summed E-state index contributed by atoms with van der Waals surface area (Å²) in [6.45, 7) is 0.479. The highest BCUT2D eigenvalue weighted by molar-refractivity contribution is 5.42. The number of benzene rings is 2. The Hall–Kier alpha value is -2.86. The predicted octanol–water partition coefficient (Wildman–Crippen LogP) is 2.16. The van der Waals surface area contributed by atoms with Gasteiger partial charge in [-0.3, -0.25) is 0 Å². The van der Waals surface area contributed by atoms with Gasteiger partial charge in [-0.1, -0.05) is 60.7 Å². The van der Waals surface area contributed by atoms with Gasteiger partial charge in [-0.25, -0.2) is 23.5 Å². The van der Waals surface area contributed by atoms with Gasteiger partial charge in [0, 0.05) is 7.05 Å². The predicted molar refractivity (Wildman–Crippen MR) is 113 cm³/mol. The van der Waals surface area contributed by atoms with Crippen molar-refractivity contribution >= 4 is 0 Å². The normalized spacial score (nSPS) is 39.1. The number of hydrogen-bond donors (Lipinski definition) is 0. The molecule has 4 saturated carbocycles. The Kier molecular flexibility index (Phi) is 2.78. The zero-order valence-corrected chi connectivity index (χ0v) is 17.2. The molecule has 9 rings (SSSR count). The number of ether oxygens (including phenoxy) is 1. The van der Waals surface area contributed by atoms with Crippen molar-refractivity contribution in [3.8, 4) is 0 Å². The first-order valence-corrected chi connectivity index (χ1v) is 11.3. The van der Waals surface area contributed by atoms with Crippen molar-refractivity contribution in [3.05, 3.63) is 92.8 Å². The molecule has 6 heteroatoms. The van der Waals surface area contributed by atoms with E-state index < -0.39 is 0 Å². The standard InChI is InChI=1S/C25H23N3O3/c1-26-23(29)27-21-17-15-16-18(21)20(16)25(19(15)17,28(27)24(26)30)12-31-22(13-8-4-2-5-9-13)14-10-6-3-7-11-14/h2-11,15-22H,12H2,1H3/t15-,16-,17-,18+,19-,20+,21?,25?/m1/s1. The molecule has 6 nitrogen and oxygen atoms in total. The third kappa shape index (κ3) is 1.68. The van der Waals surface area contributed by atoms with Crippen LogP contribution in [0, 0.1) is 35.5 Å². The fourth-order valence-corrected chi connectivity index (χ4v) is 8.32. The van der Waals surface area contributed by atoms with Gasteiger partial charge in [0.05, 0.1) is 18.2 Å². The molecule has 3 heterocycles. The lowest BCUT2D eigenvalue weighted by Crippen LogP contribution is -2.59. The lowest BCUT2D eigenvalue weighted by Gasteiger charge is -2.47. The van der Waals surface area contributed by atoms with Crippen molar-refractivity contribution in [2.24, 2.45) is 42.6 Å². The van der Waals surface area contributed by atoms with Crippen molar-refractivity contribution < 1.29 is 4.74 Å². The smallest absolute Gasteiger partial charge is 0.347 e. The van der Waals surface area contributed by atoms with Crippen LogP contribution >= 0.6 is 0 Å². The largest absolute Gasteiger partial charge is 0.366 e. The second kappa shape index (κ2) is 5.13. The third-order valence-electron chi connectivity index (χ3n) is 9.18. The Bertz CT molecular complexity index is 1290. The molecule has 0 amide bonds. The Morgan fingerprint density at radius 1 is 0.839 bits per heavy atom. The minimum absolute atomic E-state index is 0.155. The fraction of sp³-hybridized carbons (Fsp3) is 0.440. The molecule has 8 atom stereocenters. The van der Waals surface area contributed by atoms with E-state index in [1.165, 1.54) is 4.57 Å². The fourth-order valence-electron chi connectivity index (χ4n) is 8.32. The third-order valence-corrected chi connectivity index (χ3v) is 9.18. The van der Waals surface area contributed by atoms with Crippen LogP contribution in [0.5, 0.6) is 0 Å². The number of hydrogen-bond acceptors (Lipinski definition) is 3. The molecule has 0 N–H and O–H groups in total. The van der Waals surface area contributed by atoms with Crippen LogP contribution in [0.4, 0.5) is 0 Å². The summed E-state index contributed by atoms with van der Waals surface area (Å²) in [6.07, 6.45) is -0.194. The summed E-state index contributed by atoms with van der Waals surface area (Å²) >= 11 is 0. The lowest BCUT2D eigenvalue weighted by molar-refractivity contribution is -0.0674. The van der Waals surface area contributed by atoms with E-state index in [1.807, 2.05) is 45.8 Å². The molecule has 0 radical (unpaired) electrons. The van der Waals surface area contributed by atoms with E-state index in [9.17, 15) is 9.59 Å². The van der Waals surface area contributed by atoms with Crippen LogP contribution in [0.15, 0.2) is 70.3 Å². The minimum Gasteiger partial charge on any atom is -0.366 e. The number of nitrogens with zero attached hydrogens (tertiary/aromatic N) is 3. The van der Waals surface area contributed by atoms with Crippen LogP contribution < -0.4 is 11.4 Å². The second-order valence-corrected chi connectivity index (χ2v) is 10.1. The quantitative estimate of drug-likeness (QED) is 0.644. The highest BCUT2D eigenvalue weighted by atomic mass is 16.5. The molecule has 4 aliphatic carbocycles. The van der Waals surface area contributed by atoms with Crippen molar-refractivity contribution in [1.82, 2.24) is 13.9 Å². The molecule has 4 fully saturated rings. The number of aromatic nitrogens is 3. The SMILES string of the molecule is Cn1c(=O)n2n(c1=O)C1(COC(c3ccccc3)c3ccccc3)[C@@H]3[C@H]4C2[C@@H]2[C@@H]([C@H]43)[C@H]21.